The molecule has 1 aromatic carbocycles. The molecule has 0 aromatic heterocycles. The molecule has 1 aromatic rings. The van der Waals surface area contributed by atoms with Gasteiger partial charge < -0.3 is 21.8 Å². The molecule has 1 saturated carbocycles. The smallest absolute Gasteiger partial charge is 0.253 e. The molecule has 0 saturated heterocycles. The van der Waals surface area contributed by atoms with Crippen molar-refractivity contribution < 1.29 is 4.79 Å². The Morgan fingerprint density at radius 2 is 2.00 bits per heavy atom. The minimum Gasteiger partial charge on any atom is -0.404 e. The van der Waals surface area contributed by atoms with Crippen molar-refractivity contribution in [2.75, 3.05) is 12.4 Å². The number of amides is 1. The number of carbonyl (C=O) groups is 1. The molecule has 5 heteroatoms. The van der Waals surface area contributed by atoms with Crippen LogP contribution >= 0.6 is 0 Å². The van der Waals surface area contributed by atoms with Gasteiger partial charge in [0.15, 0.2) is 0 Å². The zero-order valence-corrected chi connectivity index (χ0v) is 13.9. The lowest BCUT2D eigenvalue weighted by Crippen LogP contribution is -2.37. The van der Waals surface area contributed by atoms with Crippen LogP contribution in [0.15, 0.2) is 24.4 Å². The Hall–Kier alpha value is -2.30. The van der Waals surface area contributed by atoms with Gasteiger partial charge in [-0.2, -0.15) is 0 Å². The Morgan fingerprint density at radius 3 is 2.57 bits per heavy atom. The van der Waals surface area contributed by atoms with Gasteiger partial charge in [0.2, 0.25) is 0 Å². The van der Waals surface area contributed by atoms with Crippen molar-refractivity contribution in [3.8, 4) is 0 Å². The van der Waals surface area contributed by atoms with E-state index in [2.05, 4.69) is 17.6 Å². The lowest BCUT2D eigenvalue weighted by atomic mass is 9.87. The number of benzene rings is 1. The summed E-state index contributed by atoms with van der Waals surface area (Å²) in [6.07, 6.45) is 7.05. The summed E-state index contributed by atoms with van der Waals surface area (Å²) in [4.78, 5) is 12.6. The monoisotopic (exact) mass is 314 g/mol. The minimum atomic E-state index is -0.0476. The highest BCUT2D eigenvalue weighted by Crippen LogP contribution is 2.25. The molecule has 1 aliphatic rings. The third-order valence-corrected chi connectivity index (χ3v) is 4.55. The van der Waals surface area contributed by atoms with Crippen LogP contribution in [-0.2, 0) is 0 Å². The lowest BCUT2D eigenvalue weighted by Gasteiger charge is -2.27. The maximum atomic E-state index is 12.6. The van der Waals surface area contributed by atoms with Crippen LogP contribution in [0.1, 0.15) is 48.5 Å². The minimum absolute atomic E-state index is 0.0476. The van der Waals surface area contributed by atoms with Gasteiger partial charge in [0.1, 0.15) is 0 Å². The molecule has 0 atom stereocenters. The first-order valence-corrected chi connectivity index (χ1v) is 8.14. The molecule has 0 radical (unpaired) electrons. The van der Waals surface area contributed by atoms with Crippen LogP contribution in [0.2, 0.25) is 0 Å². The fraction of sp³-hybridized carbons (Fsp3) is 0.444. The van der Waals surface area contributed by atoms with Gasteiger partial charge in [-0.15, -0.1) is 0 Å². The van der Waals surface area contributed by atoms with Gasteiger partial charge in [-0.05, 0) is 49.3 Å². The molecule has 2 rings (SSSR count). The van der Waals surface area contributed by atoms with Crippen LogP contribution < -0.4 is 16.4 Å². The van der Waals surface area contributed by atoms with Crippen LogP contribution in [0.3, 0.4) is 0 Å². The molecule has 23 heavy (non-hydrogen) atoms. The molecular formula is C18H26N4O. The Kier molecular flexibility index (Phi) is 5.79. The largest absolute Gasteiger partial charge is 0.404 e. The average molecular weight is 314 g/mol. The zero-order chi connectivity index (χ0) is 16.8. The highest BCUT2D eigenvalue weighted by Gasteiger charge is 2.21. The van der Waals surface area contributed by atoms with E-state index in [-0.39, 0.29) is 11.9 Å². The normalized spacial score (nSPS) is 21.6. The van der Waals surface area contributed by atoms with Gasteiger partial charge in [-0.3, -0.25) is 4.79 Å². The molecule has 0 heterocycles. The van der Waals surface area contributed by atoms with Crippen molar-refractivity contribution in [2.24, 2.45) is 11.7 Å². The predicted molar refractivity (Wildman–Crippen MR) is 95.8 cm³/mol. The average Bonchev–Trinajstić information content (AvgIpc) is 2.57. The summed E-state index contributed by atoms with van der Waals surface area (Å²) < 4.78 is 0. The number of allylic oxidation sites excluding steroid dienone is 1. The molecule has 5 nitrogen and oxygen atoms in total. The van der Waals surface area contributed by atoms with Crippen molar-refractivity contribution in [3.63, 3.8) is 0 Å². The molecule has 0 unspecified atom stereocenters. The zero-order valence-electron chi connectivity index (χ0n) is 13.9. The molecule has 0 spiro atoms. The fourth-order valence-corrected chi connectivity index (χ4v) is 3.02. The summed E-state index contributed by atoms with van der Waals surface area (Å²) in [7, 11) is 1.79. The second-order valence-corrected chi connectivity index (χ2v) is 6.21. The van der Waals surface area contributed by atoms with E-state index < -0.39 is 0 Å². The van der Waals surface area contributed by atoms with Crippen LogP contribution in [0, 0.1) is 11.3 Å². The van der Waals surface area contributed by atoms with Crippen molar-refractivity contribution in [1.29, 1.82) is 5.41 Å². The van der Waals surface area contributed by atoms with Crippen molar-refractivity contribution in [3.05, 3.63) is 35.5 Å². The Morgan fingerprint density at radius 1 is 1.30 bits per heavy atom. The highest BCUT2D eigenvalue weighted by atomic mass is 16.1. The Labute approximate surface area is 137 Å². The molecule has 5 N–H and O–H groups in total. The van der Waals surface area contributed by atoms with E-state index >= 15 is 0 Å². The standard InChI is InChI=1S/C18H26N4O/c1-12-3-6-15(7-4-12)22-18(23)16-8-5-13(9-17(16)21-2)14(10-19)11-20/h5,8-12,15,19,21H,3-4,6-7,20H2,1-2H3,(H,22,23)/b14-11+,19-10?. The highest BCUT2D eigenvalue weighted by molar-refractivity contribution is 6.09. The van der Waals surface area contributed by atoms with Gasteiger partial charge >= 0.3 is 0 Å². The number of rotatable bonds is 5. The summed E-state index contributed by atoms with van der Waals surface area (Å²) in [6.45, 7) is 2.27. The van der Waals surface area contributed by atoms with E-state index in [4.69, 9.17) is 11.1 Å². The number of nitrogens with two attached hydrogens (primary N) is 1. The third kappa shape index (κ3) is 4.12. The van der Waals surface area contributed by atoms with Crippen LogP contribution in [0.25, 0.3) is 5.57 Å². The summed E-state index contributed by atoms with van der Waals surface area (Å²) in [5.41, 5.74) is 8.32. The summed E-state index contributed by atoms with van der Waals surface area (Å²) >= 11 is 0. The van der Waals surface area contributed by atoms with Crippen LogP contribution in [-0.4, -0.2) is 25.2 Å². The van der Waals surface area contributed by atoms with Gasteiger partial charge in [0, 0.05) is 36.8 Å². The maximum Gasteiger partial charge on any atom is 0.253 e. The van der Waals surface area contributed by atoms with E-state index in [1.165, 1.54) is 25.3 Å². The summed E-state index contributed by atoms with van der Waals surface area (Å²) in [5.74, 6) is 0.714. The number of hydrogen-bond donors (Lipinski definition) is 4. The fourth-order valence-electron chi connectivity index (χ4n) is 3.02. The first-order chi connectivity index (χ1) is 11.1. The van der Waals surface area contributed by atoms with Gasteiger partial charge in [0.25, 0.3) is 5.91 Å². The van der Waals surface area contributed by atoms with Crippen LogP contribution in [0.5, 0.6) is 0 Å². The van der Waals surface area contributed by atoms with E-state index in [9.17, 15) is 4.79 Å². The summed E-state index contributed by atoms with van der Waals surface area (Å²) in [6, 6.07) is 5.73. The number of nitrogens with one attached hydrogen (secondary N) is 3. The summed E-state index contributed by atoms with van der Waals surface area (Å²) in [5, 5.41) is 13.6. The van der Waals surface area contributed by atoms with Gasteiger partial charge in [0.05, 0.1) is 5.56 Å². The van der Waals surface area contributed by atoms with Crippen molar-refractivity contribution in [2.45, 2.75) is 38.6 Å². The van der Waals surface area contributed by atoms with Crippen molar-refractivity contribution >= 4 is 23.4 Å². The van der Waals surface area contributed by atoms with Crippen LogP contribution in [0.4, 0.5) is 5.69 Å². The van der Waals surface area contributed by atoms with Gasteiger partial charge in [-0.25, -0.2) is 0 Å². The molecule has 1 fully saturated rings. The van der Waals surface area contributed by atoms with Gasteiger partial charge in [-0.1, -0.05) is 13.0 Å². The number of hydrogen-bond acceptors (Lipinski definition) is 4. The van der Waals surface area contributed by atoms with E-state index in [1.807, 2.05) is 12.1 Å². The molecule has 124 valence electrons. The molecule has 1 amide bonds. The first kappa shape index (κ1) is 17.1. The van der Waals surface area contributed by atoms with Crippen molar-refractivity contribution in [1.82, 2.24) is 5.32 Å². The van der Waals surface area contributed by atoms with E-state index in [0.29, 0.717) is 11.1 Å². The first-order valence-electron chi connectivity index (χ1n) is 8.14. The molecular weight excluding hydrogens is 288 g/mol. The second kappa shape index (κ2) is 7.81. The number of anilines is 1. The second-order valence-electron chi connectivity index (χ2n) is 6.21. The number of carbonyl (C=O) groups excluding carboxylic acids is 1. The topological polar surface area (TPSA) is 91.0 Å². The predicted octanol–water partition coefficient (Wildman–Crippen LogP) is 2.99. The molecule has 1 aliphatic carbocycles. The van der Waals surface area contributed by atoms with E-state index in [0.717, 1.165) is 30.0 Å². The SMILES string of the molecule is CNc1cc(/C(C=N)=C/N)ccc1C(=O)NC1CCC(C)CC1. The maximum absolute atomic E-state index is 12.6. The Balaban J connectivity index is 2.15. The third-order valence-electron chi connectivity index (χ3n) is 4.55. The quantitative estimate of drug-likeness (QED) is 0.630. The molecule has 0 bridgehead atoms. The lowest BCUT2D eigenvalue weighted by molar-refractivity contribution is 0.0924. The Bertz CT molecular complexity index is 601. The van der Waals surface area contributed by atoms with E-state index in [1.54, 1.807) is 13.1 Å². The molecule has 0 aliphatic heterocycles.